The van der Waals surface area contributed by atoms with E-state index in [0.29, 0.717) is 43.0 Å². The van der Waals surface area contributed by atoms with Crippen LogP contribution in [-0.2, 0) is 19.5 Å². The first-order valence-corrected chi connectivity index (χ1v) is 10.7. The Balaban J connectivity index is 1.29. The lowest BCUT2D eigenvalue weighted by Gasteiger charge is -2.28. The second kappa shape index (κ2) is 8.46. The second-order valence-electron chi connectivity index (χ2n) is 8.19. The molecule has 5 rings (SSSR count). The summed E-state index contributed by atoms with van der Waals surface area (Å²) in [5.41, 5.74) is 5.07. The topological polar surface area (TPSA) is 79.6 Å². The van der Waals surface area contributed by atoms with Crippen LogP contribution in [0, 0.1) is 12.7 Å². The number of aromatic nitrogens is 3. The maximum atomic E-state index is 13.4. The van der Waals surface area contributed by atoms with Crippen LogP contribution in [-0.4, -0.2) is 37.6 Å². The van der Waals surface area contributed by atoms with Crippen molar-refractivity contribution in [3.8, 4) is 0 Å². The number of carbonyl (C=O) groups excluding carboxylic acids is 2. The molecule has 2 amide bonds. The fraction of sp³-hybridized carbons (Fsp3) is 0.200. The van der Waals surface area contributed by atoms with Crippen molar-refractivity contribution in [2.75, 3.05) is 6.54 Å². The maximum Gasteiger partial charge on any atom is 0.274 e. The zero-order chi connectivity index (χ0) is 22.9. The molecule has 0 spiro atoms. The standard InChI is InChI=1S/C25H22FN5O2/c1-16-2-3-17(11-27-16)12-28-24(32)20-5-7-23-29-22(15-31(23)14-20)25(33)30-9-8-18-10-21(26)6-4-19(18)13-30/h2-7,10-11,14-15H,8-9,12-13H2,1H3,(H,28,32). The highest BCUT2D eigenvalue weighted by molar-refractivity contribution is 5.95. The lowest BCUT2D eigenvalue weighted by atomic mass is 9.99. The number of aryl methyl sites for hydroxylation is 1. The lowest BCUT2D eigenvalue weighted by Crippen LogP contribution is -2.36. The molecule has 7 nitrogen and oxygen atoms in total. The largest absolute Gasteiger partial charge is 0.348 e. The quantitative estimate of drug-likeness (QED) is 0.525. The van der Waals surface area contributed by atoms with Gasteiger partial charge in [0.25, 0.3) is 11.8 Å². The fourth-order valence-electron chi connectivity index (χ4n) is 3.97. The van der Waals surface area contributed by atoms with Crippen molar-refractivity contribution < 1.29 is 14.0 Å². The highest BCUT2D eigenvalue weighted by Crippen LogP contribution is 2.21. The average molecular weight is 443 g/mol. The number of nitrogens with zero attached hydrogens (tertiary/aromatic N) is 4. The average Bonchev–Trinajstić information content (AvgIpc) is 3.26. The van der Waals surface area contributed by atoms with Crippen LogP contribution in [0.5, 0.6) is 0 Å². The van der Waals surface area contributed by atoms with Gasteiger partial charge in [0.1, 0.15) is 17.2 Å². The highest BCUT2D eigenvalue weighted by atomic mass is 19.1. The minimum absolute atomic E-state index is 0.188. The van der Waals surface area contributed by atoms with Crippen LogP contribution in [0.25, 0.3) is 5.65 Å². The lowest BCUT2D eigenvalue weighted by molar-refractivity contribution is 0.0729. The zero-order valence-corrected chi connectivity index (χ0v) is 18.1. The normalized spacial score (nSPS) is 13.1. The van der Waals surface area contributed by atoms with Gasteiger partial charge >= 0.3 is 0 Å². The number of pyridine rings is 2. The van der Waals surface area contributed by atoms with E-state index in [0.717, 1.165) is 22.4 Å². The Morgan fingerprint density at radius 3 is 2.79 bits per heavy atom. The van der Waals surface area contributed by atoms with E-state index >= 15 is 0 Å². The van der Waals surface area contributed by atoms with Crippen LogP contribution < -0.4 is 5.32 Å². The van der Waals surface area contributed by atoms with Gasteiger partial charge in [-0.05, 0) is 60.4 Å². The monoisotopic (exact) mass is 443 g/mol. The number of amides is 2. The van der Waals surface area contributed by atoms with Gasteiger partial charge in [-0.25, -0.2) is 9.37 Å². The van der Waals surface area contributed by atoms with E-state index in [1.165, 1.54) is 12.1 Å². The Hall–Kier alpha value is -4.07. The molecule has 4 heterocycles. The SMILES string of the molecule is Cc1ccc(CNC(=O)c2ccc3nc(C(=O)N4CCc5cc(F)ccc5C4)cn3c2)cn1. The summed E-state index contributed by atoms with van der Waals surface area (Å²) in [6.07, 6.45) is 5.64. The van der Waals surface area contributed by atoms with Crippen LogP contribution in [0.3, 0.4) is 0 Å². The van der Waals surface area contributed by atoms with Crippen LogP contribution in [0.15, 0.2) is 61.1 Å². The van der Waals surface area contributed by atoms with Crippen molar-refractivity contribution in [3.63, 3.8) is 0 Å². The van der Waals surface area contributed by atoms with E-state index in [4.69, 9.17) is 0 Å². The summed E-state index contributed by atoms with van der Waals surface area (Å²) in [5.74, 6) is -0.672. The summed E-state index contributed by atoms with van der Waals surface area (Å²) in [6, 6.07) is 11.9. The fourth-order valence-corrected chi connectivity index (χ4v) is 3.97. The summed E-state index contributed by atoms with van der Waals surface area (Å²) in [5, 5.41) is 2.88. The molecule has 1 N–H and O–H groups in total. The molecule has 0 radical (unpaired) electrons. The summed E-state index contributed by atoms with van der Waals surface area (Å²) in [6.45, 7) is 3.21. The number of halogens is 1. The number of imidazole rings is 1. The molecule has 3 aromatic heterocycles. The van der Waals surface area contributed by atoms with Crippen molar-refractivity contribution in [1.82, 2.24) is 24.6 Å². The maximum absolute atomic E-state index is 13.4. The molecule has 0 fully saturated rings. The van der Waals surface area contributed by atoms with Crippen LogP contribution >= 0.6 is 0 Å². The summed E-state index contributed by atoms with van der Waals surface area (Å²) in [7, 11) is 0. The van der Waals surface area contributed by atoms with E-state index in [9.17, 15) is 14.0 Å². The Kier molecular flexibility index (Phi) is 5.34. The van der Waals surface area contributed by atoms with Gasteiger partial charge in [-0.1, -0.05) is 12.1 Å². The molecule has 166 valence electrons. The van der Waals surface area contributed by atoms with Crippen LogP contribution in [0.4, 0.5) is 4.39 Å². The van der Waals surface area contributed by atoms with E-state index in [1.54, 1.807) is 46.1 Å². The first-order chi connectivity index (χ1) is 16.0. The third-order valence-electron chi connectivity index (χ3n) is 5.83. The molecule has 0 bridgehead atoms. The Bertz CT molecular complexity index is 1360. The molecule has 4 aromatic rings. The van der Waals surface area contributed by atoms with Crippen LogP contribution in [0.2, 0.25) is 0 Å². The second-order valence-corrected chi connectivity index (χ2v) is 8.19. The molecule has 0 unspecified atom stereocenters. The first kappa shape index (κ1) is 20.8. The van der Waals surface area contributed by atoms with Gasteiger partial charge in [0.15, 0.2) is 0 Å². The third kappa shape index (κ3) is 4.32. The van der Waals surface area contributed by atoms with Crippen molar-refractivity contribution in [1.29, 1.82) is 0 Å². The van der Waals surface area contributed by atoms with Crippen molar-refractivity contribution in [2.24, 2.45) is 0 Å². The zero-order valence-electron chi connectivity index (χ0n) is 18.1. The number of rotatable bonds is 4. The smallest absolute Gasteiger partial charge is 0.274 e. The van der Waals surface area contributed by atoms with Gasteiger partial charge in [-0.3, -0.25) is 14.6 Å². The number of fused-ring (bicyclic) bond motifs is 2. The van der Waals surface area contributed by atoms with E-state index in [1.807, 2.05) is 19.1 Å². The van der Waals surface area contributed by atoms with Gasteiger partial charge in [0.2, 0.25) is 0 Å². The number of hydrogen-bond donors (Lipinski definition) is 1. The molecule has 0 saturated heterocycles. The van der Waals surface area contributed by atoms with Gasteiger partial charge in [-0.2, -0.15) is 0 Å². The molecule has 0 aliphatic carbocycles. The van der Waals surface area contributed by atoms with Crippen LogP contribution in [0.1, 0.15) is 43.2 Å². The molecule has 0 atom stereocenters. The van der Waals surface area contributed by atoms with E-state index < -0.39 is 0 Å². The number of carbonyl (C=O) groups is 2. The summed E-state index contributed by atoms with van der Waals surface area (Å²) >= 11 is 0. The Morgan fingerprint density at radius 1 is 1.09 bits per heavy atom. The van der Waals surface area contributed by atoms with Gasteiger partial charge in [-0.15, -0.1) is 0 Å². The minimum atomic E-state index is -0.260. The molecule has 1 aliphatic rings. The van der Waals surface area contributed by atoms with Gasteiger partial charge in [0, 0.05) is 43.9 Å². The molecule has 0 saturated carbocycles. The number of nitrogens with one attached hydrogen (secondary N) is 1. The predicted octanol–water partition coefficient (Wildman–Crippen LogP) is 3.31. The summed E-state index contributed by atoms with van der Waals surface area (Å²) < 4.78 is 15.1. The molecule has 1 aromatic carbocycles. The summed E-state index contributed by atoms with van der Waals surface area (Å²) in [4.78, 5) is 36.0. The van der Waals surface area contributed by atoms with E-state index in [2.05, 4.69) is 15.3 Å². The molecule has 33 heavy (non-hydrogen) atoms. The molecular weight excluding hydrogens is 421 g/mol. The van der Waals surface area contributed by atoms with Gasteiger partial charge < -0.3 is 14.6 Å². The molecule has 8 heteroatoms. The Morgan fingerprint density at radius 2 is 1.97 bits per heavy atom. The van der Waals surface area contributed by atoms with E-state index in [-0.39, 0.29) is 17.6 Å². The third-order valence-corrected chi connectivity index (χ3v) is 5.83. The number of benzene rings is 1. The number of hydrogen-bond acceptors (Lipinski definition) is 4. The Labute approximate surface area is 189 Å². The van der Waals surface area contributed by atoms with Crippen molar-refractivity contribution in [3.05, 3.63) is 101 Å². The molecule has 1 aliphatic heterocycles. The molecular formula is C25H22FN5O2. The first-order valence-electron chi connectivity index (χ1n) is 10.7. The minimum Gasteiger partial charge on any atom is -0.348 e. The van der Waals surface area contributed by atoms with Crippen molar-refractivity contribution >= 4 is 17.5 Å². The van der Waals surface area contributed by atoms with Gasteiger partial charge in [0.05, 0.1) is 5.56 Å². The predicted molar refractivity (Wildman–Crippen MR) is 120 cm³/mol. The highest BCUT2D eigenvalue weighted by Gasteiger charge is 2.24. The van der Waals surface area contributed by atoms with Crippen molar-refractivity contribution in [2.45, 2.75) is 26.4 Å².